The van der Waals surface area contributed by atoms with Crippen LogP contribution in [0.2, 0.25) is 0 Å². The molecule has 0 fully saturated rings. The van der Waals surface area contributed by atoms with E-state index in [2.05, 4.69) is 11.6 Å². The largest absolute Gasteiger partial charge is 0.392 e. The first-order valence-electron chi connectivity index (χ1n) is 2.95. The van der Waals surface area contributed by atoms with Gasteiger partial charge in [-0.15, -0.1) is 0 Å². The Balaban J connectivity index is 3.24. The lowest BCUT2D eigenvalue weighted by molar-refractivity contribution is 1.46. The number of nitrogens with zero attached hydrogens (tertiary/aromatic N) is 2. The molecule has 1 aromatic carbocycles. The molecule has 0 saturated heterocycles. The van der Waals surface area contributed by atoms with Crippen LogP contribution in [0.15, 0.2) is 30.8 Å². The van der Waals surface area contributed by atoms with Gasteiger partial charge < -0.3 is 0 Å². The van der Waals surface area contributed by atoms with Gasteiger partial charge in [0.15, 0.2) is 4.98 Å². The molecule has 1 aromatic rings. The second-order valence-electron chi connectivity index (χ2n) is 1.86. The molecule has 48 valence electrons. The summed E-state index contributed by atoms with van der Waals surface area (Å²) >= 11 is 0. The zero-order chi connectivity index (χ0) is 7.40. The van der Waals surface area contributed by atoms with Crippen molar-refractivity contribution in [1.82, 2.24) is 0 Å². The molecule has 0 spiro atoms. The van der Waals surface area contributed by atoms with Gasteiger partial charge in [-0.3, -0.25) is 0 Å². The standard InChI is InChI=1S/C8H7N2/c1-2-7-5-3-4-6-8(7)10-9/h2-6H,1H2/q+1. The normalized spacial score (nSPS) is 8.30. The molecule has 1 rings (SSSR count). The Labute approximate surface area is 59.4 Å². The summed E-state index contributed by atoms with van der Waals surface area (Å²) in [4.78, 5) is 3.07. The van der Waals surface area contributed by atoms with Crippen molar-refractivity contribution in [3.63, 3.8) is 0 Å². The number of diazo groups is 1. The minimum Gasteiger partial charge on any atom is -0.0982 e. The molecule has 2 heteroatoms. The zero-order valence-electron chi connectivity index (χ0n) is 5.49. The molecule has 0 atom stereocenters. The Morgan fingerprint density at radius 1 is 1.40 bits per heavy atom. The summed E-state index contributed by atoms with van der Waals surface area (Å²) < 4.78 is 0. The molecule has 10 heavy (non-hydrogen) atoms. The second-order valence-corrected chi connectivity index (χ2v) is 1.86. The number of rotatable bonds is 1. The van der Waals surface area contributed by atoms with Crippen molar-refractivity contribution in [1.29, 1.82) is 5.39 Å². The van der Waals surface area contributed by atoms with E-state index < -0.39 is 0 Å². The van der Waals surface area contributed by atoms with E-state index in [1.807, 2.05) is 18.2 Å². The fraction of sp³-hybridized carbons (Fsp3) is 0. The molecule has 0 radical (unpaired) electrons. The molecule has 0 aliphatic heterocycles. The lowest BCUT2D eigenvalue weighted by Gasteiger charge is -1.82. The minimum atomic E-state index is 0.553. The fourth-order valence-corrected chi connectivity index (χ4v) is 0.751. The summed E-state index contributed by atoms with van der Waals surface area (Å²) in [6.07, 6.45) is 1.65. The van der Waals surface area contributed by atoms with Crippen LogP contribution in [0.25, 0.3) is 11.1 Å². The highest BCUT2D eigenvalue weighted by Gasteiger charge is 2.06. The summed E-state index contributed by atoms with van der Waals surface area (Å²) in [5.41, 5.74) is 1.39. The Morgan fingerprint density at radius 3 is 2.60 bits per heavy atom. The molecular formula is C8H7N2+. The van der Waals surface area contributed by atoms with Crippen molar-refractivity contribution >= 4 is 11.8 Å². The third-order valence-electron chi connectivity index (χ3n) is 1.26. The molecule has 0 aliphatic carbocycles. The van der Waals surface area contributed by atoms with Crippen molar-refractivity contribution < 1.29 is 0 Å². The highest BCUT2D eigenvalue weighted by Crippen LogP contribution is 2.18. The van der Waals surface area contributed by atoms with Crippen LogP contribution in [-0.2, 0) is 0 Å². The smallest absolute Gasteiger partial charge is 0.0982 e. The van der Waals surface area contributed by atoms with Crippen molar-refractivity contribution in [2.24, 2.45) is 0 Å². The summed E-state index contributed by atoms with van der Waals surface area (Å²) in [7, 11) is 0. The van der Waals surface area contributed by atoms with E-state index in [4.69, 9.17) is 5.39 Å². The van der Waals surface area contributed by atoms with E-state index in [1.165, 1.54) is 0 Å². The topological polar surface area (TPSA) is 28.1 Å². The van der Waals surface area contributed by atoms with Gasteiger partial charge in [0.25, 0.3) is 0 Å². The van der Waals surface area contributed by atoms with Gasteiger partial charge in [-0.25, -0.2) is 0 Å². The van der Waals surface area contributed by atoms with Gasteiger partial charge in [-0.1, -0.05) is 24.8 Å². The van der Waals surface area contributed by atoms with Gasteiger partial charge in [0.2, 0.25) is 5.39 Å². The SMILES string of the molecule is C=Cc1ccccc1[N+]#N. The summed E-state index contributed by atoms with van der Waals surface area (Å²) in [6.45, 7) is 3.57. The van der Waals surface area contributed by atoms with Crippen LogP contribution in [0.5, 0.6) is 0 Å². The number of hydrogen-bond acceptors (Lipinski definition) is 1. The van der Waals surface area contributed by atoms with Crippen LogP contribution in [0.1, 0.15) is 5.56 Å². The van der Waals surface area contributed by atoms with E-state index in [1.54, 1.807) is 12.1 Å². The van der Waals surface area contributed by atoms with E-state index in [0.29, 0.717) is 5.69 Å². The number of benzene rings is 1. The molecule has 0 unspecified atom stereocenters. The molecule has 0 aliphatic rings. The maximum Gasteiger partial charge on any atom is 0.392 e. The third kappa shape index (κ3) is 1.03. The lowest BCUT2D eigenvalue weighted by Crippen LogP contribution is -1.68. The summed E-state index contributed by atoms with van der Waals surface area (Å²) in [6, 6.07) is 7.23. The Kier molecular flexibility index (Phi) is 1.81. The van der Waals surface area contributed by atoms with Gasteiger partial charge in [-0.2, -0.15) is 0 Å². The van der Waals surface area contributed by atoms with Crippen LogP contribution in [-0.4, -0.2) is 0 Å². The van der Waals surface area contributed by atoms with E-state index in [0.717, 1.165) is 5.56 Å². The zero-order valence-corrected chi connectivity index (χ0v) is 5.49. The highest BCUT2D eigenvalue weighted by molar-refractivity contribution is 5.65. The minimum absolute atomic E-state index is 0.553. The first kappa shape index (κ1) is 6.50. The average Bonchev–Trinajstić information content (AvgIpc) is 2.04. The van der Waals surface area contributed by atoms with Gasteiger partial charge in [0, 0.05) is 6.07 Å². The Hall–Kier alpha value is -1.62. The Morgan fingerprint density at radius 2 is 2.10 bits per heavy atom. The molecule has 0 amide bonds. The van der Waals surface area contributed by atoms with Gasteiger partial charge in [-0.05, 0) is 6.07 Å². The molecule has 0 heterocycles. The predicted molar refractivity (Wildman–Crippen MR) is 41.3 cm³/mol. The van der Waals surface area contributed by atoms with Crippen LogP contribution >= 0.6 is 0 Å². The van der Waals surface area contributed by atoms with Crippen molar-refractivity contribution in [2.75, 3.05) is 0 Å². The van der Waals surface area contributed by atoms with E-state index >= 15 is 0 Å². The van der Waals surface area contributed by atoms with Crippen molar-refractivity contribution in [3.8, 4) is 0 Å². The second kappa shape index (κ2) is 2.79. The first-order chi connectivity index (χ1) is 4.88. The highest BCUT2D eigenvalue weighted by atomic mass is 14.8. The molecule has 0 saturated carbocycles. The number of hydrogen-bond donors (Lipinski definition) is 0. The maximum atomic E-state index is 8.43. The van der Waals surface area contributed by atoms with Gasteiger partial charge in [0.1, 0.15) is 0 Å². The first-order valence-corrected chi connectivity index (χ1v) is 2.95. The van der Waals surface area contributed by atoms with Crippen LogP contribution in [0.3, 0.4) is 0 Å². The average molecular weight is 131 g/mol. The third-order valence-corrected chi connectivity index (χ3v) is 1.26. The summed E-state index contributed by atoms with van der Waals surface area (Å²) in [5, 5.41) is 8.43. The van der Waals surface area contributed by atoms with Crippen LogP contribution < -0.4 is 0 Å². The van der Waals surface area contributed by atoms with Crippen LogP contribution in [0.4, 0.5) is 5.69 Å². The maximum absolute atomic E-state index is 8.43. The van der Waals surface area contributed by atoms with Crippen LogP contribution in [0, 0.1) is 5.39 Å². The quantitative estimate of drug-likeness (QED) is 0.538. The van der Waals surface area contributed by atoms with E-state index in [-0.39, 0.29) is 0 Å². The molecular weight excluding hydrogens is 124 g/mol. The summed E-state index contributed by atoms with van der Waals surface area (Å²) in [5.74, 6) is 0. The van der Waals surface area contributed by atoms with Gasteiger partial charge >= 0.3 is 5.69 Å². The van der Waals surface area contributed by atoms with Crippen molar-refractivity contribution in [2.45, 2.75) is 0 Å². The predicted octanol–water partition coefficient (Wildman–Crippen LogP) is 2.81. The molecule has 0 bridgehead atoms. The molecule has 0 aromatic heterocycles. The molecule has 2 nitrogen and oxygen atoms in total. The van der Waals surface area contributed by atoms with Gasteiger partial charge in [0.05, 0.1) is 5.56 Å². The lowest BCUT2D eigenvalue weighted by atomic mass is 10.2. The van der Waals surface area contributed by atoms with Crippen molar-refractivity contribution in [3.05, 3.63) is 41.4 Å². The monoisotopic (exact) mass is 131 g/mol. The molecule has 0 N–H and O–H groups in total. The Bertz CT molecular complexity index is 284. The fourth-order valence-electron chi connectivity index (χ4n) is 0.751. The van der Waals surface area contributed by atoms with E-state index in [9.17, 15) is 0 Å².